The van der Waals surface area contributed by atoms with Crippen molar-refractivity contribution >= 4 is 17.8 Å². The molecule has 0 amide bonds. The van der Waals surface area contributed by atoms with E-state index in [0.29, 0.717) is 6.42 Å². The van der Waals surface area contributed by atoms with Gasteiger partial charge in [-0.05, 0) is 30.4 Å². The Morgan fingerprint density at radius 3 is 2.42 bits per heavy atom. The molecule has 2 nitrogen and oxygen atoms in total. The van der Waals surface area contributed by atoms with Crippen LogP contribution in [0.4, 0.5) is 0 Å². The minimum absolute atomic E-state index is 0.00179. The summed E-state index contributed by atoms with van der Waals surface area (Å²) in [7, 11) is 0. The van der Waals surface area contributed by atoms with Gasteiger partial charge in [-0.1, -0.05) is 51.1 Å². The van der Waals surface area contributed by atoms with Gasteiger partial charge in [0, 0.05) is 18.1 Å². The summed E-state index contributed by atoms with van der Waals surface area (Å²) in [5, 5.41) is 0. The van der Waals surface area contributed by atoms with Crippen molar-refractivity contribution in [1.29, 1.82) is 0 Å². The molecule has 0 aliphatic rings. The number of hydrogen-bond donors (Lipinski definition) is 0. The number of hydrogen-bond acceptors (Lipinski definition) is 3. The third-order valence-electron chi connectivity index (χ3n) is 3.08. The molecular formula is C16H24O2S. The number of Topliss-reactive ketones (excluding diaryl/α,β-unsaturated/α-hetero) is 1. The lowest BCUT2D eigenvalue weighted by molar-refractivity contribution is -0.127. The van der Waals surface area contributed by atoms with Crippen LogP contribution in [0.15, 0.2) is 30.3 Å². The second-order valence-corrected chi connectivity index (χ2v) is 6.31. The van der Waals surface area contributed by atoms with Crippen LogP contribution in [0.2, 0.25) is 0 Å². The van der Waals surface area contributed by atoms with Crippen molar-refractivity contribution in [2.75, 3.05) is 6.26 Å². The summed E-state index contributed by atoms with van der Waals surface area (Å²) in [6.45, 7) is 5.88. The number of ketones is 1. The van der Waals surface area contributed by atoms with E-state index in [0.717, 1.165) is 12.8 Å². The Hall–Kier alpha value is -0.800. The summed E-state index contributed by atoms with van der Waals surface area (Å²) in [6.07, 6.45) is 4.23. The van der Waals surface area contributed by atoms with Gasteiger partial charge in [0.25, 0.3) is 0 Å². The van der Waals surface area contributed by atoms with Crippen molar-refractivity contribution in [3.05, 3.63) is 35.9 Å². The van der Waals surface area contributed by atoms with E-state index in [1.807, 2.05) is 45.2 Å². The average Bonchev–Trinajstić information content (AvgIpc) is 2.36. The van der Waals surface area contributed by atoms with E-state index in [9.17, 15) is 4.79 Å². The number of carbonyl (C=O) groups excluding carboxylic acids is 1. The first-order valence-corrected chi connectivity index (χ1v) is 7.85. The largest absolute Gasteiger partial charge is 0.312 e. The lowest BCUT2D eigenvalue weighted by Crippen LogP contribution is -2.26. The third-order valence-corrected chi connectivity index (χ3v) is 3.54. The standard InChI is InChI=1S/C16H24O2S/c1-16(2,3)15(17)12-14(18-19-4)11-10-13-8-6-5-7-9-13/h5-9,14H,10-12H2,1-4H3. The Kier molecular flexibility index (Phi) is 6.59. The van der Waals surface area contributed by atoms with Crippen LogP contribution in [0.3, 0.4) is 0 Å². The van der Waals surface area contributed by atoms with E-state index >= 15 is 0 Å². The minimum Gasteiger partial charge on any atom is -0.312 e. The molecular weight excluding hydrogens is 256 g/mol. The molecule has 1 aromatic rings. The Balaban J connectivity index is 2.51. The van der Waals surface area contributed by atoms with Crippen LogP contribution in [-0.2, 0) is 15.4 Å². The molecule has 0 spiro atoms. The number of aryl methyl sites for hydroxylation is 1. The van der Waals surface area contributed by atoms with Crippen LogP contribution in [0.5, 0.6) is 0 Å². The summed E-state index contributed by atoms with van der Waals surface area (Å²) in [5.41, 5.74) is 1.01. The molecule has 1 unspecified atom stereocenters. The first kappa shape index (κ1) is 16.3. The molecule has 0 heterocycles. The number of benzene rings is 1. The zero-order valence-electron chi connectivity index (χ0n) is 12.3. The summed E-state index contributed by atoms with van der Waals surface area (Å²) < 4.78 is 5.63. The molecule has 106 valence electrons. The van der Waals surface area contributed by atoms with Gasteiger partial charge in [0.1, 0.15) is 5.78 Å². The molecule has 0 fully saturated rings. The topological polar surface area (TPSA) is 26.3 Å². The summed E-state index contributed by atoms with van der Waals surface area (Å²) >= 11 is 1.35. The maximum atomic E-state index is 12.1. The van der Waals surface area contributed by atoms with Crippen LogP contribution in [-0.4, -0.2) is 18.1 Å². The Labute approximate surface area is 121 Å². The van der Waals surface area contributed by atoms with Crippen molar-refractivity contribution in [1.82, 2.24) is 0 Å². The molecule has 0 radical (unpaired) electrons. The van der Waals surface area contributed by atoms with Gasteiger partial charge in [-0.15, -0.1) is 0 Å². The molecule has 0 saturated heterocycles. The second-order valence-electron chi connectivity index (χ2n) is 5.79. The van der Waals surface area contributed by atoms with Crippen molar-refractivity contribution in [2.24, 2.45) is 5.41 Å². The van der Waals surface area contributed by atoms with Gasteiger partial charge in [-0.2, -0.15) is 0 Å². The van der Waals surface area contributed by atoms with Crippen molar-refractivity contribution in [3.63, 3.8) is 0 Å². The van der Waals surface area contributed by atoms with E-state index in [4.69, 9.17) is 4.18 Å². The van der Waals surface area contributed by atoms with Gasteiger partial charge in [0.2, 0.25) is 0 Å². The molecule has 1 aromatic carbocycles. The van der Waals surface area contributed by atoms with E-state index in [-0.39, 0.29) is 17.3 Å². The fourth-order valence-corrected chi connectivity index (χ4v) is 2.24. The third kappa shape index (κ3) is 6.26. The predicted molar refractivity (Wildman–Crippen MR) is 82.2 cm³/mol. The molecule has 0 aliphatic carbocycles. The van der Waals surface area contributed by atoms with Crippen molar-refractivity contribution < 1.29 is 8.98 Å². The Bertz CT molecular complexity index is 381. The van der Waals surface area contributed by atoms with E-state index < -0.39 is 0 Å². The minimum atomic E-state index is -0.285. The van der Waals surface area contributed by atoms with Crippen LogP contribution < -0.4 is 0 Å². The molecule has 0 N–H and O–H groups in total. The van der Waals surface area contributed by atoms with Crippen LogP contribution in [0, 0.1) is 5.41 Å². The monoisotopic (exact) mass is 280 g/mol. The number of rotatable bonds is 7. The zero-order chi connectivity index (χ0) is 14.3. The quantitative estimate of drug-likeness (QED) is 0.697. The Morgan fingerprint density at radius 2 is 1.89 bits per heavy atom. The van der Waals surface area contributed by atoms with Gasteiger partial charge in [0.05, 0.1) is 6.10 Å². The highest BCUT2D eigenvalue weighted by Crippen LogP contribution is 2.22. The van der Waals surface area contributed by atoms with Gasteiger partial charge >= 0.3 is 0 Å². The smallest absolute Gasteiger partial charge is 0.140 e. The highest BCUT2D eigenvalue weighted by molar-refractivity contribution is 7.93. The molecule has 0 bridgehead atoms. The maximum absolute atomic E-state index is 12.1. The van der Waals surface area contributed by atoms with E-state index in [1.54, 1.807) is 0 Å². The van der Waals surface area contributed by atoms with Gasteiger partial charge in [-0.3, -0.25) is 4.79 Å². The highest BCUT2D eigenvalue weighted by Gasteiger charge is 2.25. The van der Waals surface area contributed by atoms with Gasteiger partial charge in [-0.25, -0.2) is 0 Å². The second kappa shape index (κ2) is 7.71. The summed E-state index contributed by atoms with van der Waals surface area (Å²) in [6, 6.07) is 10.3. The lowest BCUT2D eigenvalue weighted by Gasteiger charge is -2.21. The molecule has 19 heavy (non-hydrogen) atoms. The first-order valence-electron chi connectivity index (χ1n) is 6.70. The van der Waals surface area contributed by atoms with E-state index in [1.165, 1.54) is 17.6 Å². The van der Waals surface area contributed by atoms with Crippen LogP contribution in [0.1, 0.15) is 39.2 Å². The molecule has 0 aliphatic heterocycles. The van der Waals surface area contributed by atoms with Crippen molar-refractivity contribution in [3.8, 4) is 0 Å². The summed E-state index contributed by atoms with van der Waals surface area (Å²) in [4.78, 5) is 12.1. The highest BCUT2D eigenvalue weighted by atomic mass is 32.2. The van der Waals surface area contributed by atoms with Gasteiger partial charge in [0.15, 0.2) is 0 Å². The molecule has 3 heteroatoms. The molecule has 1 rings (SSSR count). The maximum Gasteiger partial charge on any atom is 0.140 e. The fourth-order valence-electron chi connectivity index (χ4n) is 1.81. The van der Waals surface area contributed by atoms with Gasteiger partial charge < -0.3 is 4.18 Å². The molecule has 0 aromatic heterocycles. The normalized spacial score (nSPS) is 13.3. The lowest BCUT2D eigenvalue weighted by atomic mass is 9.87. The van der Waals surface area contributed by atoms with Crippen LogP contribution >= 0.6 is 12.0 Å². The molecule has 1 atom stereocenters. The summed E-state index contributed by atoms with van der Waals surface area (Å²) in [5.74, 6) is 0.264. The average molecular weight is 280 g/mol. The molecule has 0 saturated carbocycles. The van der Waals surface area contributed by atoms with E-state index in [2.05, 4.69) is 12.1 Å². The zero-order valence-corrected chi connectivity index (χ0v) is 13.1. The fraction of sp³-hybridized carbons (Fsp3) is 0.562. The predicted octanol–water partition coefficient (Wildman–Crippen LogP) is 4.29. The SMILES string of the molecule is CSOC(CCc1ccccc1)CC(=O)C(C)(C)C. The van der Waals surface area contributed by atoms with Crippen molar-refractivity contribution in [2.45, 2.75) is 46.1 Å². The Morgan fingerprint density at radius 1 is 1.26 bits per heavy atom. The number of carbonyl (C=O) groups is 1. The van der Waals surface area contributed by atoms with Crippen LogP contribution in [0.25, 0.3) is 0 Å². The first-order chi connectivity index (χ1) is 8.93.